The van der Waals surface area contributed by atoms with Crippen molar-refractivity contribution in [3.63, 3.8) is 0 Å². The molecule has 172 valence electrons. The monoisotopic (exact) mass is 409 g/mol. The van der Waals surface area contributed by atoms with Crippen LogP contribution in [-0.4, -0.2) is 42.8 Å². The molecular weight excluding hydrogens is 362 g/mol. The standard InChI is InChI=1S/C6H15N.C6H6O.C3H8.2C2H6.CH2O3.CH4O2/c1-6(2)4-5-7-3;7-6-4-2-1-3-5-6;1-3-2;2*1-2;2-1-4-3;1-3-2/h6-7H,4-5H2,1-3H3;1-5,7H;3H2,1-2H3;2*1-2H3;1,3H;2H,1H3. The van der Waals surface area contributed by atoms with Crippen molar-refractivity contribution < 1.29 is 30.2 Å². The van der Waals surface area contributed by atoms with Gasteiger partial charge in [0.1, 0.15) is 5.75 Å². The van der Waals surface area contributed by atoms with Crippen LogP contribution in [0.4, 0.5) is 0 Å². The fourth-order valence-electron chi connectivity index (χ4n) is 0.861. The molecule has 28 heavy (non-hydrogen) atoms. The van der Waals surface area contributed by atoms with E-state index in [1.807, 2.05) is 40.8 Å². The molecule has 4 N–H and O–H groups in total. The predicted octanol–water partition coefficient (Wildman–Crippen LogP) is 5.85. The number of rotatable bonds is 4. The van der Waals surface area contributed by atoms with E-state index in [0.717, 1.165) is 12.5 Å². The summed E-state index contributed by atoms with van der Waals surface area (Å²) < 4.78 is 0. The van der Waals surface area contributed by atoms with E-state index in [4.69, 9.17) is 20.4 Å². The lowest BCUT2D eigenvalue weighted by molar-refractivity contribution is -0.217. The van der Waals surface area contributed by atoms with Crippen LogP contribution in [0.1, 0.15) is 68.2 Å². The van der Waals surface area contributed by atoms with Crippen LogP contribution in [0.3, 0.4) is 0 Å². The Hall–Kier alpha value is -1.67. The van der Waals surface area contributed by atoms with Gasteiger partial charge >= 0.3 is 6.47 Å². The van der Waals surface area contributed by atoms with Crippen molar-refractivity contribution in [1.82, 2.24) is 5.32 Å². The smallest absolute Gasteiger partial charge is 0.330 e. The Balaban J connectivity index is -0.0000000540. The molecule has 0 aliphatic rings. The van der Waals surface area contributed by atoms with Gasteiger partial charge in [-0.3, -0.25) is 10.1 Å². The molecule has 0 bridgehead atoms. The number of phenolic OH excluding ortho intramolecular Hbond substituents is 1. The molecule has 0 saturated heterocycles. The first-order valence-corrected chi connectivity index (χ1v) is 9.71. The number of nitrogens with one attached hydrogen (secondary N) is 1. The number of hydrogen-bond donors (Lipinski definition) is 4. The number of carbonyl (C=O) groups excluding carboxylic acids is 1. The van der Waals surface area contributed by atoms with Crippen LogP contribution in [0.2, 0.25) is 0 Å². The molecule has 7 heteroatoms. The summed E-state index contributed by atoms with van der Waals surface area (Å²) in [7, 11) is 3.17. The zero-order chi connectivity index (χ0) is 23.6. The topological polar surface area (TPSA) is 108 Å². The third-order valence-corrected chi connectivity index (χ3v) is 1.77. The highest BCUT2D eigenvalue weighted by molar-refractivity contribution is 5.35. The van der Waals surface area contributed by atoms with E-state index >= 15 is 0 Å². The van der Waals surface area contributed by atoms with Crippen LogP contribution >= 0.6 is 0 Å². The van der Waals surface area contributed by atoms with Crippen LogP contribution < -0.4 is 5.32 Å². The minimum absolute atomic E-state index is 0.0694. The second-order valence-corrected chi connectivity index (χ2v) is 4.71. The minimum atomic E-state index is -0.0694. The Bertz CT molecular complexity index is 296. The van der Waals surface area contributed by atoms with Crippen molar-refractivity contribution in [3.8, 4) is 5.75 Å². The Morgan fingerprint density at radius 1 is 1.04 bits per heavy atom. The number of carbonyl (C=O) groups is 1. The van der Waals surface area contributed by atoms with Crippen molar-refractivity contribution in [2.45, 2.75) is 68.2 Å². The normalized spacial score (nSPS) is 7.18. The molecule has 0 fully saturated rings. The number of hydrogen-bond acceptors (Lipinski definition) is 7. The van der Waals surface area contributed by atoms with Crippen molar-refractivity contribution >= 4 is 6.47 Å². The van der Waals surface area contributed by atoms with Gasteiger partial charge in [-0.15, -0.1) is 0 Å². The van der Waals surface area contributed by atoms with Gasteiger partial charge in [-0.05, 0) is 38.1 Å². The Morgan fingerprint density at radius 3 is 1.46 bits per heavy atom. The van der Waals surface area contributed by atoms with Gasteiger partial charge in [0.05, 0.1) is 7.11 Å². The summed E-state index contributed by atoms with van der Waals surface area (Å²) in [6, 6.07) is 8.71. The van der Waals surface area contributed by atoms with Crippen molar-refractivity contribution in [1.29, 1.82) is 0 Å². The maximum atomic E-state index is 8.70. The summed E-state index contributed by atoms with van der Waals surface area (Å²) in [5.74, 6) is 1.16. The third kappa shape index (κ3) is 103. The van der Waals surface area contributed by atoms with Gasteiger partial charge < -0.3 is 15.3 Å². The summed E-state index contributed by atoms with van der Waals surface area (Å²) >= 11 is 0. The van der Waals surface area contributed by atoms with Crippen LogP contribution in [-0.2, 0) is 14.6 Å². The van der Waals surface area contributed by atoms with Crippen LogP contribution in [0.15, 0.2) is 30.3 Å². The fourth-order valence-corrected chi connectivity index (χ4v) is 0.861. The number of phenols is 1. The first kappa shape index (κ1) is 40.9. The average molecular weight is 410 g/mol. The lowest BCUT2D eigenvalue weighted by Gasteiger charge is -2.00. The molecule has 7 nitrogen and oxygen atoms in total. The molecular formula is C21H47NO6. The van der Waals surface area contributed by atoms with E-state index in [2.05, 4.69) is 42.8 Å². The zero-order valence-electron chi connectivity index (χ0n) is 19.7. The van der Waals surface area contributed by atoms with Crippen LogP contribution in [0, 0.1) is 5.92 Å². The highest BCUT2D eigenvalue weighted by Gasteiger charge is 1.88. The summed E-state index contributed by atoms with van der Waals surface area (Å²) in [5.41, 5.74) is 0. The van der Waals surface area contributed by atoms with Gasteiger partial charge in [-0.1, -0.05) is 80.0 Å². The lowest BCUT2D eigenvalue weighted by Crippen LogP contribution is -2.09. The molecule has 0 aliphatic heterocycles. The van der Waals surface area contributed by atoms with E-state index in [9.17, 15) is 0 Å². The molecule has 0 radical (unpaired) electrons. The number of aromatic hydroxyl groups is 1. The Morgan fingerprint density at radius 2 is 1.36 bits per heavy atom. The SMILES string of the molecule is CC.CC.CCC.CNCCC(C)C.COO.O=COO.Oc1ccccc1. The second-order valence-electron chi connectivity index (χ2n) is 4.71. The molecule has 1 aromatic rings. The van der Waals surface area contributed by atoms with Gasteiger partial charge in [-0.2, -0.15) is 0 Å². The highest BCUT2D eigenvalue weighted by Crippen LogP contribution is 2.02. The van der Waals surface area contributed by atoms with E-state index in [1.165, 1.54) is 20.0 Å². The highest BCUT2D eigenvalue weighted by atomic mass is 17.1. The first-order valence-electron chi connectivity index (χ1n) is 9.71. The maximum Gasteiger partial charge on any atom is 0.330 e. The summed E-state index contributed by atoms with van der Waals surface area (Å²) in [6.07, 6.45) is 2.54. The maximum absolute atomic E-state index is 8.70. The molecule has 0 atom stereocenters. The van der Waals surface area contributed by atoms with E-state index in [0.29, 0.717) is 5.75 Å². The van der Waals surface area contributed by atoms with Gasteiger partial charge in [0.25, 0.3) is 0 Å². The Kier molecular flexibility index (Phi) is 82.1. The molecule has 0 spiro atoms. The zero-order valence-corrected chi connectivity index (χ0v) is 19.7. The molecule has 0 aliphatic carbocycles. The molecule has 0 aromatic heterocycles. The van der Waals surface area contributed by atoms with Crippen LogP contribution in [0.25, 0.3) is 0 Å². The summed E-state index contributed by atoms with van der Waals surface area (Å²) in [4.78, 5) is 14.8. The molecule has 0 amide bonds. The van der Waals surface area contributed by atoms with Crippen molar-refractivity contribution in [2.75, 3.05) is 20.7 Å². The summed E-state index contributed by atoms with van der Waals surface area (Å²) in [6.45, 7) is 17.8. The number of benzene rings is 1. The van der Waals surface area contributed by atoms with E-state index in [-0.39, 0.29) is 6.47 Å². The van der Waals surface area contributed by atoms with Crippen molar-refractivity contribution in [2.24, 2.45) is 5.92 Å². The molecule has 0 unspecified atom stereocenters. The van der Waals surface area contributed by atoms with Crippen LogP contribution in [0.5, 0.6) is 5.75 Å². The van der Waals surface area contributed by atoms with Gasteiger partial charge in [0, 0.05) is 0 Å². The molecule has 1 rings (SSSR count). The first-order chi connectivity index (χ1) is 13.4. The molecule has 0 heterocycles. The molecule has 1 aromatic carbocycles. The second kappa shape index (κ2) is 56.2. The largest absolute Gasteiger partial charge is 0.508 e. The third-order valence-electron chi connectivity index (χ3n) is 1.77. The quantitative estimate of drug-likeness (QED) is 0.280. The van der Waals surface area contributed by atoms with Gasteiger partial charge in [0.15, 0.2) is 0 Å². The Labute approximate surface area is 173 Å². The minimum Gasteiger partial charge on any atom is -0.508 e. The van der Waals surface area contributed by atoms with Gasteiger partial charge in [-0.25, -0.2) is 10.1 Å². The molecule has 0 saturated carbocycles. The van der Waals surface area contributed by atoms with Gasteiger partial charge in [0.2, 0.25) is 0 Å². The summed E-state index contributed by atoms with van der Waals surface area (Å²) in [5, 5.41) is 25.8. The van der Waals surface area contributed by atoms with Crippen molar-refractivity contribution in [3.05, 3.63) is 30.3 Å². The van der Waals surface area contributed by atoms with E-state index < -0.39 is 0 Å². The predicted molar refractivity (Wildman–Crippen MR) is 120 cm³/mol. The fraction of sp³-hybridized carbons (Fsp3) is 0.667. The average Bonchev–Trinajstić information content (AvgIpc) is 2.72. The lowest BCUT2D eigenvalue weighted by atomic mass is 10.1. The number of para-hydroxylation sites is 1. The van der Waals surface area contributed by atoms with E-state index in [1.54, 1.807) is 24.3 Å².